The predicted molar refractivity (Wildman–Crippen MR) is 123 cm³/mol. The van der Waals surface area contributed by atoms with Crippen LogP contribution < -0.4 is 14.2 Å². The molecule has 162 valence electrons. The maximum atomic E-state index is 13.1. The maximum absolute atomic E-state index is 13.1. The molecule has 0 aromatic heterocycles. The molecule has 0 N–H and O–H groups in total. The van der Waals surface area contributed by atoms with Gasteiger partial charge < -0.3 is 14.2 Å². The Morgan fingerprint density at radius 1 is 1.09 bits per heavy atom. The second-order valence-corrected chi connectivity index (χ2v) is 8.40. The van der Waals surface area contributed by atoms with Gasteiger partial charge in [0.25, 0.3) is 0 Å². The van der Waals surface area contributed by atoms with Crippen molar-refractivity contribution in [1.82, 2.24) is 4.90 Å². The van der Waals surface area contributed by atoms with E-state index in [-0.39, 0.29) is 5.78 Å². The van der Waals surface area contributed by atoms with Crippen molar-refractivity contribution >= 4 is 23.5 Å². The summed E-state index contributed by atoms with van der Waals surface area (Å²) in [5.74, 6) is 2.34. The average molecular weight is 448 g/mol. The number of hydrogen-bond acceptors (Lipinski definition) is 5. The van der Waals surface area contributed by atoms with E-state index in [0.717, 1.165) is 45.3 Å². The summed E-state index contributed by atoms with van der Waals surface area (Å²) in [5.41, 5.74) is 4.45. The lowest BCUT2D eigenvalue weighted by Gasteiger charge is -2.30. The van der Waals surface area contributed by atoms with Crippen LogP contribution in [0.3, 0.4) is 0 Å². The largest absolute Gasteiger partial charge is 0.497 e. The van der Waals surface area contributed by atoms with E-state index in [1.807, 2.05) is 61.5 Å². The lowest BCUT2D eigenvalue weighted by molar-refractivity contribution is 0.0876. The number of Topliss-reactive ketones (excluding diaryl/α,β-unsaturated/α-hetero) is 1. The molecule has 3 aromatic carbocycles. The SMILES string of the molecule is COc1ccc(/C=C2\Oc3c(cc4c(c3C)OCN(Cc3ccc(Cl)cc3)C4)C2=O)cc1. The van der Waals surface area contributed by atoms with Crippen LogP contribution in [-0.4, -0.2) is 24.5 Å². The first kappa shape index (κ1) is 20.6. The summed E-state index contributed by atoms with van der Waals surface area (Å²) in [6.45, 7) is 3.84. The molecule has 0 spiro atoms. The molecule has 3 aromatic rings. The van der Waals surface area contributed by atoms with Gasteiger partial charge in [-0.2, -0.15) is 0 Å². The van der Waals surface area contributed by atoms with Crippen molar-refractivity contribution in [2.45, 2.75) is 20.0 Å². The zero-order chi connectivity index (χ0) is 22.2. The fourth-order valence-electron chi connectivity index (χ4n) is 4.10. The Kier molecular flexibility index (Phi) is 5.37. The molecule has 5 rings (SSSR count). The van der Waals surface area contributed by atoms with Gasteiger partial charge in [-0.1, -0.05) is 35.9 Å². The minimum atomic E-state index is -0.114. The van der Waals surface area contributed by atoms with Crippen molar-refractivity contribution in [1.29, 1.82) is 0 Å². The van der Waals surface area contributed by atoms with Gasteiger partial charge in [-0.15, -0.1) is 0 Å². The Morgan fingerprint density at radius 2 is 1.84 bits per heavy atom. The Hall–Kier alpha value is -3.28. The lowest BCUT2D eigenvalue weighted by atomic mass is 10.00. The fourth-order valence-corrected chi connectivity index (χ4v) is 4.22. The van der Waals surface area contributed by atoms with Crippen molar-refractivity contribution in [3.63, 3.8) is 0 Å². The first-order valence-corrected chi connectivity index (χ1v) is 10.7. The Labute approximate surface area is 191 Å². The average Bonchev–Trinajstić information content (AvgIpc) is 3.11. The van der Waals surface area contributed by atoms with Crippen LogP contribution in [0.4, 0.5) is 0 Å². The van der Waals surface area contributed by atoms with E-state index in [0.29, 0.717) is 30.3 Å². The summed E-state index contributed by atoms with van der Waals surface area (Å²) in [6.07, 6.45) is 1.76. The molecule has 0 amide bonds. The van der Waals surface area contributed by atoms with Crippen LogP contribution in [0.25, 0.3) is 6.08 Å². The van der Waals surface area contributed by atoms with Crippen molar-refractivity contribution in [2.24, 2.45) is 0 Å². The van der Waals surface area contributed by atoms with Gasteiger partial charge in [0.05, 0.1) is 12.7 Å². The summed E-state index contributed by atoms with van der Waals surface area (Å²) in [5, 5.41) is 0.720. The molecule has 2 aliphatic heterocycles. The molecule has 0 atom stereocenters. The molecule has 0 saturated carbocycles. The number of carbonyl (C=O) groups excluding carboxylic acids is 1. The molecule has 5 nitrogen and oxygen atoms in total. The number of ether oxygens (including phenoxy) is 3. The van der Waals surface area contributed by atoms with Crippen molar-refractivity contribution < 1.29 is 19.0 Å². The van der Waals surface area contributed by atoms with Crippen LogP contribution in [0.2, 0.25) is 5.02 Å². The van der Waals surface area contributed by atoms with E-state index in [9.17, 15) is 4.79 Å². The van der Waals surface area contributed by atoms with Crippen LogP contribution in [0, 0.1) is 6.92 Å². The van der Waals surface area contributed by atoms with E-state index < -0.39 is 0 Å². The minimum absolute atomic E-state index is 0.114. The van der Waals surface area contributed by atoms with Gasteiger partial charge in [-0.25, -0.2) is 0 Å². The van der Waals surface area contributed by atoms with Crippen LogP contribution in [0.15, 0.2) is 60.4 Å². The normalized spacial score (nSPS) is 16.3. The number of methoxy groups -OCH3 is 1. The number of allylic oxidation sites excluding steroid dienone is 1. The summed E-state index contributed by atoms with van der Waals surface area (Å²) < 4.78 is 17.3. The summed E-state index contributed by atoms with van der Waals surface area (Å²) in [4.78, 5) is 15.3. The zero-order valence-corrected chi connectivity index (χ0v) is 18.6. The Balaban J connectivity index is 1.39. The highest BCUT2D eigenvalue weighted by Crippen LogP contribution is 2.43. The van der Waals surface area contributed by atoms with E-state index in [1.54, 1.807) is 13.2 Å². The molecular formula is C26H22ClNO4. The second-order valence-electron chi connectivity index (χ2n) is 7.97. The number of hydrogen-bond donors (Lipinski definition) is 0. The Morgan fingerprint density at radius 3 is 2.56 bits per heavy atom. The molecule has 32 heavy (non-hydrogen) atoms. The van der Waals surface area contributed by atoms with Crippen molar-refractivity contribution in [2.75, 3.05) is 13.8 Å². The predicted octanol–water partition coefficient (Wildman–Crippen LogP) is 5.63. The van der Waals surface area contributed by atoms with Crippen LogP contribution in [0.1, 0.15) is 32.6 Å². The topological polar surface area (TPSA) is 48.0 Å². The molecule has 0 aliphatic carbocycles. The van der Waals surface area contributed by atoms with Gasteiger partial charge in [0, 0.05) is 29.2 Å². The standard InChI is InChI=1S/C26H22ClNO4/c1-16-25-19(14-28(15-31-25)13-18-3-7-20(27)8-4-18)12-22-24(29)23(32-26(16)22)11-17-5-9-21(30-2)10-6-17/h3-12H,13-15H2,1-2H3/b23-11-. The third-order valence-electron chi connectivity index (χ3n) is 5.73. The van der Waals surface area contributed by atoms with E-state index in [2.05, 4.69) is 4.90 Å². The molecule has 0 fully saturated rings. The van der Waals surface area contributed by atoms with E-state index in [1.165, 1.54) is 0 Å². The van der Waals surface area contributed by atoms with Crippen LogP contribution in [0.5, 0.6) is 17.2 Å². The van der Waals surface area contributed by atoms with Gasteiger partial charge >= 0.3 is 0 Å². The van der Waals surface area contributed by atoms with Gasteiger partial charge in [0.15, 0.2) is 5.76 Å². The smallest absolute Gasteiger partial charge is 0.231 e. The summed E-state index contributed by atoms with van der Waals surface area (Å²) in [7, 11) is 1.62. The second kappa shape index (κ2) is 8.34. The highest BCUT2D eigenvalue weighted by atomic mass is 35.5. The minimum Gasteiger partial charge on any atom is -0.497 e. The number of nitrogens with zero attached hydrogens (tertiary/aromatic N) is 1. The van der Waals surface area contributed by atoms with E-state index in [4.69, 9.17) is 25.8 Å². The number of benzene rings is 3. The van der Waals surface area contributed by atoms with Gasteiger partial charge in [-0.3, -0.25) is 9.69 Å². The molecule has 2 aliphatic rings. The summed E-state index contributed by atoms with van der Waals surface area (Å²) >= 11 is 5.99. The number of rotatable bonds is 4. The van der Waals surface area contributed by atoms with Crippen molar-refractivity contribution in [3.05, 3.63) is 93.2 Å². The van der Waals surface area contributed by atoms with Gasteiger partial charge in [0.1, 0.15) is 24.0 Å². The molecule has 0 bridgehead atoms. The number of ketones is 1. The highest BCUT2D eigenvalue weighted by molar-refractivity contribution is 6.30. The first-order valence-electron chi connectivity index (χ1n) is 10.4. The first-order chi connectivity index (χ1) is 15.5. The molecule has 6 heteroatoms. The monoisotopic (exact) mass is 447 g/mol. The van der Waals surface area contributed by atoms with Crippen LogP contribution >= 0.6 is 11.6 Å². The Bertz CT molecular complexity index is 1220. The van der Waals surface area contributed by atoms with E-state index >= 15 is 0 Å². The highest BCUT2D eigenvalue weighted by Gasteiger charge is 2.33. The van der Waals surface area contributed by atoms with Crippen molar-refractivity contribution in [3.8, 4) is 17.2 Å². The maximum Gasteiger partial charge on any atom is 0.231 e. The number of carbonyl (C=O) groups is 1. The number of halogens is 1. The lowest BCUT2D eigenvalue weighted by Crippen LogP contribution is -2.32. The third kappa shape index (κ3) is 3.85. The zero-order valence-electron chi connectivity index (χ0n) is 17.9. The fraction of sp³-hybridized carbons (Fsp3) is 0.192. The molecule has 0 radical (unpaired) electrons. The summed E-state index contributed by atoms with van der Waals surface area (Å²) in [6, 6.07) is 17.2. The number of fused-ring (bicyclic) bond motifs is 2. The molecular weight excluding hydrogens is 426 g/mol. The van der Waals surface area contributed by atoms with Gasteiger partial charge in [-0.05, 0) is 54.5 Å². The molecule has 0 unspecified atom stereocenters. The quantitative estimate of drug-likeness (QED) is 0.485. The third-order valence-corrected chi connectivity index (χ3v) is 5.99. The molecule has 0 saturated heterocycles. The van der Waals surface area contributed by atoms with Crippen LogP contribution in [-0.2, 0) is 13.1 Å². The molecule has 2 heterocycles. The van der Waals surface area contributed by atoms with Gasteiger partial charge in [0.2, 0.25) is 5.78 Å².